The highest BCUT2D eigenvalue weighted by atomic mass is 35.5. The van der Waals surface area contributed by atoms with Crippen LogP contribution in [-0.4, -0.2) is 12.5 Å². The molecule has 0 spiro atoms. The van der Waals surface area contributed by atoms with Crippen molar-refractivity contribution in [2.24, 2.45) is 0 Å². The van der Waals surface area contributed by atoms with Gasteiger partial charge >= 0.3 is 0 Å². The van der Waals surface area contributed by atoms with Crippen LogP contribution < -0.4 is 10.6 Å². The third kappa shape index (κ3) is 4.96. The van der Waals surface area contributed by atoms with Gasteiger partial charge < -0.3 is 10.6 Å². The van der Waals surface area contributed by atoms with Gasteiger partial charge in [0.2, 0.25) is 5.91 Å². The molecule has 2 atom stereocenters. The molecule has 0 radical (unpaired) electrons. The molecule has 2 rings (SSSR count). The molecule has 0 aliphatic rings. The Morgan fingerprint density at radius 1 is 0.913 bits per heavy atom. The van der Waals surface area contributed by atoms with Crippen molar-refractivity contribution in [2.75, 3.05) is 6.54 Å². The van der Waals surface area contributed by atoms with Gasteiger partial charge in [-0.3, -0.25) is 4.79 Å². The lowest BCUT2D eigenvalue weighted by Gasteiger charge is -2.18. The number of hydrogen-bond donors (Lipinski definition) is 2. The Morgan fingerprint density at radius 2 is 1.39 bits per heavy atom. The Labute approximate surface area is 147 Å². The number of nitrogens with one attached hydrogen (secondary N) is 2. The summed E-state index contributed by atoms with van der Waals surface area (Å²) in [5.74, 6) is -0.0867. The fourth-order valence-corrected chi connectivity index (χ4v) is 2.98. The third-order valence-electron chi connectivity index (χ3n) is 3.69. The molecule has 0 unspecified atom stereocenters. The predicted molar refractivity (Wildman–Crippen MR) is 95.9 cm³/mol. The molecule has 2 aromatic rings. The molecule has 0 aliphatic carbocycles. The molecule has 5 heteroatoms. The van der Waals surface area contributed by atoms with E-state index in [2.05, 4.69) is 10.6 Å². The highest BCUT2D eigenvalue weighted by Gasteiger charge is 2.14. The third-order valence-corrected chi connectivity index (χ3v) is 4.38. The Hall–Kier alpha value is -1.55. The lowest BCUT2D eigenvalue weighted by molar-refractivity contribution is -0.121. The number of rotatable bonds is 6. The van der Waals surface area contributed by atoms with E-state index in [1.807, 2.05) is 62.4 Å². The second-order valence-corrected chi connectivity index (χ2v) is 6.25. The number of carbonyl (C=O) groups is 1. The Balaban J connectivity index is 1.88. The first-order valence-corrected chi connectivity index (χ1v) is 8.26. The van der Waals surface area contributed by atoms with E-state index in [-0.39, 0.29) is 24.5 Å². The van der Waals surface area contributed by atoms with E-state index >= 15 is 0 Å². The summed E-state index contributed by atoms with van der Waals surface area (Å²) in [6.45, 7) is 4.10. The van der Waals surface area contributed by atoms with E-state index in [0.717, 1.165) is 11.1 Å². The monoisotopic (exact) mass is 350 g/mol. The van der Waals surface area contributed by atoms with E-state index in [4.69, 9.17) is 23.2 Å². The van der Waals surface area contributed by atoms with Crippen molar-refractivity contribution < 1.29 is 4.79 Å². The minimum Gasteiger partial charge on any atom is -0.348 e. The average Bonchev–Trinajstić information content (AvgIpc) is 2.53. The van der Waals surface area contributed by atoms with Crippen LogP contribution in [0.3, 0.4) is 0 Å². The molecule has 0 saturated carbocycles. The van der Waals surface area contributed by atoms with Crippen LogP contribution in [0.4, 0.5) is 0 Å². The summed E-state index contributed by atoms with van der Waals surface area (Å²) < 4.78 is 0. The minimum atomic E-state index is -0.145. The van der Waals surface area contributed by atoms with Gasteiger partial charge in [0.1, 0.15) is 0 Å². The molecular weight excluding hydrogens is 331 g/mol. The molecule has 0 aliphatic heterocycles. The Morgan fingerprint density at radius 3 is 1.91 bits per heavy atom. The van der Waals surface area contributed by atoms with Crippen LogP contribution in [-0.2, 0) is 4.79 Å². The van der Waals surface area contributed by atoms with Gasteiger partial charge in [-0.15, -0.1) is 0 Å². The number of benzene rings is 2. The van der Waals surface area contributed by atoms with Crippen molar-refractivity contribution in [3.63, 3.8) is 0 Å². The molecule has 0 fully saturated rings. The molecule has 2 aromatic carbocycles. The van der Waals surface area contributed by atoms with Crippen molar-refractivity contribution in [3.8, 4) is 0 Å². The van der Waals surface area contributed by atoms with Crippen molar-refractivity contribution >= 4 is 29.1 Å². The molecule has 23 heavy (non-hydrogen) atoms. The number of carbonyl (C=O) groups excluding carboxylic acids is 1. The zero-order valence-corrected chi connectivity index (χ0v) is 14.7. The highest BCUT2D eigenvalue weighted by Crippen LogP contribution is 2.23. The van der Waals surface area contributed by atoms with Crippen LogP contribution >= 0.6 is 23.2 Å². The lowest BCUT2D eigenvalue weighted by atomic mass is 10.1. The van der Waals surface area contributed by atoms with Crippen molar-refractivity contribution in [3.05, 3.63) is 69.7 Å². The molecule has 3 nitrogen and oxygen atoms in total. The zero-order valence-electron chi connectivity index (χ0n) is 13.1. The number of halogens is 2. The molecular formula is C18H20Cl2N2O. The largest absolute Gasteiger partial charge is 0.348 e. The van der Waals surface area contributed by atoms with Gasteiger partial charge in [0.15, 0.2) is 0 Å². The molecule has 0 heterocycles. The minimum absolute atomic E-state index is 0.00920. The zero-order chi connectivity index (χ0) is 16.8. The van der Waals surface area contributed by atoms with Crippen LogP contribution in [0.2, 0.25) is 10.0 Å². The second-order valence-electron chi connectivity index (χ2n) is 5.43. The van der Waals surface area contributed by atoms with Crippen molar-refractivity contribution in [1.82, 2.24) is 10.6 Å². The summed E-state index contributed by atoms with van der Waals surface area (Å²) >= 11 is 12.3. The quantitative estimate of drug-likeness (QED) is 0.803. The SMILES string of the molecule is C[C@H](NC(=O)CN[C@H](C)c1ccccc1Cl)c1ccccc1Cl. The van der Waals surface area contributed by atoms with Crippen molar-refractivity contribution in [2.45, 2.75) is 25.9 Å². The first-order valence-electron chi connectivity index (χ1n) is 7.50. The smallest absolute Gasteiger partial charge is 0.234 e. The summed E-state index contributed by atoms with van der Waals surface area (Å²) in [4.78, 5) is 12.1. The first kappa shape index (κ1) is 17.8. The van der Waals surface area contributed by atoms with Gasteiger partial charge in [-0.1, -0.05) is 59.6 Å². The molecule has 122 valence electrons. The Kier molecular flexibility index (Phi) is 6.46. The molecule has 2 N–H and O–H groups in total. The van der Waals surface area contributed by atoms with Gasteiger partial charge in [-0.25, -0.2) is 0 Å². The predicted octanol–water partition coefficient (Wildman–Crippen LogP) is 4.52. The highest BCUT2D eigenvalue weighted by molar-refractivity contribution is 6.31. The van der Waals surface area contributed by atoms with Gasteiger partial charge in [0.05, 0.1) is 12.6 Å². The fourth-order valence-electron chi connectivity index (χ4n) is 2.38. The lowest BCUT2D eigenvalue weighted by Crippen LogP contribution is -2.36. The maximum Gasteiger partial charge on any atom is 0.234 e. The van der Waals surface area contributed by atoms with Crippen LogP contribution in [0, 0.1) is 0 Å². The van der Waals surface area contributed by atoms with E-state index in [1.165, 1.54) is 0 Å². The maximum atomic E-state index is 12.1. The summed E-state index contributed by atoms with van der Waals surface area (Å²) in [6.07, 6.45) is 0. The molecule has 0 bridgehead atoms. The van der Waals surface area contributed by atoms with E-state index < -0.39 is 0 Å². The normalized spacial score (nSPS) is 13.4. The van der Waals surface area contributed by atoms with Crippen molar-refractivity contribution in [1.29, 1.82) is 0 Å². The standard InChI is InChI=1S/C18H20Cl2N2O/c1-12(14-7-3-5-9-16(14)19)21-11-18(23)22-13(2)15-8-4-6-10-17(15)20/h3-10,12-13,21H,11H2,1-2H3,(H,22,23)/t12-,13+/m1/s1. The van der Waals surface area contributed by atoms with Gasteiger partial charge in [0, 0.05) is 16.1 Å². The van der Waals surface area contributed by atoms with Crippen LogP contribution in [0.1, 0.15) is 37.1 Å². The number of amides is 1. The molecule has 1 amide bonds. The van der Waals surface area contributed by atoms with Crippen LogP contribution in [0.25, 0.3) is 0 Å². The average molecular weight is 351 g/mol. The van der Waals surface area contributed by atoms with E-state index in [9.17, 15) is 4.79 Å². The topological polar surface area (TPSA) is 41.1 Å². The second kappa shape index (κ2) is 8.34. The molecule has 0 aromatic heterocycles. The van der Waals surface area contributed by atoms with Crippen LogP contribution in [0.15, 0.2) is 48.5 Å². The summed E-state index contributed by atoms with van der Waals surface area (Å²) in [5.41, 5.74) is 1.88. The first-order chi connectivity index (χ1) is 11.0. The van der Waals surface area contributed by atoms with E-state index in [1.54, 1.807) is 0 Å². The summed E-state index contributed by atoms with van der Waals surface area (Å²) in [7, 11) is 0. The summed E-state index contributed by atoms with van der Waals surface area (Å²) in [5, 5.41) is 7.46. The summed E-state index contributed by atoms with van der Waals surface area (Å²) in [6, 6.07) is 15.0. The number of hydrogen-bond acceptors (Lipinski definition) is 2. The fraction of sp³-hybridized carbons (Fsp3) is 0.278. The van der Waals surface area contributed by atoms with E-state index in [0.29, 0.717) is 10.0 Å². The van der Waals surface area contributed by atoms with Gasteiger partial charge in [-0.2, -0.15) is 0 Å². The Bertz CT molecular complexity index is 676. The van der Waals surface area contributed by atoms with Gasteiger partial charge in [0.25, 0.3) is 0 Å². The maximum absolute atomic E-state index is 12.1. The van der Waals surface area contributed by atoms with Gasteiger partial charge in [-0.05, 0) is 37.1 Å². The molecule has 0 saturated heterocycles. The van der Waals surface area contributed by atoms with Crippen LogP contribution in [0.5, 0.6) is 0 Å².